The SMILES string of the molecule is CC(=O)Oc1ccc(-c2cn3c(OC(C)=O)c(Cc4ccc(OC(C)O)cc4)nc3c(Cc3ccccc3)n2)cc1. The summed E-state index contributed by atoms with van der Waals surface area (Å²) in [5.41, 5.74) is 5.25. The van der Waals surface area contributed by atoms with Crippen molar-refractivity contribution in [1.29, 1.82) is 0 Å². The molecule has 0 radical (unpaired) electrons. The molecule has 3 aromatic carbocycles. The molecule has 0 saturated heterocycles. The van der Waals surface area contributed by atoms with Crippen LogP contribution in [0.25, 0.3) is 16.9 Å². The summed E-state index contributed by atoms with van der Waals surface area (Å²) < 4.78 is 18.0. The summed E-state index contributed by atoms with van der Waals surface area (Å²) in [5, 5.41) is 9.49. The lowest BCUT2D eigenvalue weighted by molar-refractivity contribution is -0.133. The van der Waals surface area contributed by atoms with Crippen LogP contribution in [0.2, 0.25) is 0 Å². The van der Waals surface area contributed by atoms with Gasteiger partial charge in [-0.15, -0.1) is 0 Å². The molecule has 41 heavy (non-hydrogen) atoms. The fourth-order valence-electron chi connectivity index (χ4n) is 4.48. The second-order valence-corrected chi connectivity index (χ2v) is 9.54. The van der Waals surface area contributed by atoms with Crippen molar-refractivity contribution in [1.82, 2.24) is 14.4 Å². The van der Waals surface area contributed by atoms with E-state index in [0.717, 1.165) is 16.7 Å². The fraction of sp³-hybridized carbons (Fsp3) is 0.188. The number of aliphatic hydroxyl groups excluding tert-OH is 1. The summed E-state index contributed by atoms with van der Waals surface area (Å²) in [6.45, 7) is 4.25. The molecule has 2 heterocycles. The number of esters is 2. The van der Waals surface area contributed by atoms with E-state index in [1.54, 1.807) is 41.8 Å². The van der Waals surface area contributed by atoms with E-state index in [1.165, 1.54) is 13.8 Å². The summed E-state index contributed by atoms with van der Waals surface area (Å²) in [7, 11) is 0. The van der Waals surface area contributed by atoms with Crippen LogP contribution >= 0.6 is 0 Å². The Kier molecular flexibility index (Phi) is 8.07. The number of imidazole rings is 1. The third-order valence-corrected chi connectivity index (χ3v) is 6.17. The lowest BCUT2D eigenvalue weighted by Crippen LogP contribution is -2.09. The van der Waals surface area contributed by atoms with E-state index in [-0.39, 0.29) is 0 Å². The maximum Gasteiger partial charge on any atom is 0.309 e. The predicted molar refractivity (Wildman–Crippen MR) is 152 cm³/mol. The molecule has 2 aromatic heterocycles. The van der Waals surface area contributed by atoms with E-state index in [2.05, 4.69) is 0 Å². The van der Waals surface area contributed by atoms with Gasteiger partial charge in [0.05, 0.1) is 11.4 Å². The number of carbonyl (C=O) groups excluding carboxylic acids is 2. The molecule has 1 atom stereocenters. The van der Waals surface area contributed by atoms with Crippen molar-refractivity contribution in [2.24, 2.45) is 0 Å². The van der Waals surface area contributed by atoms with Gasteiger partial charge in [-0.1, -0.05) is 42.5 Å². The Morgan fingerprint density at radius 2 is 1.39 bits per heavy atom. The maximum atomic E-state index is 12.2. The minimum Gasteiger partial charge on any atom is -0.465 e. The third kappa shape index (κ3) is 6.77. The Balaban J connectivity index is 1.61. The van der Waals surface area contributed by atoms with Crippen molar-refractivity contribution in [3.63, 3.8) is 0 Å². The Hall–Kier alpha value is -5.02. The number of hydrogen-bond donors (Lipinski definition) is 1. The Morgan fingerprint density at radius 1 is 0.780 bits per heavy atom. The monoisotopic (exact) mass is 551 g/mol. The minimum absolute atomic E-state index is 0.311. The second-order valence-electron chi connectivity index (χ2n) is 9.54. The second kappa shape index (κ2) is 12.0. The first-order valence-corrected chi connectivity index (χ1v) is 13.1. The Bertz CT molecular complexity index is 1680. The summed E-state index contributed by atoms with van der Waals surface area (Å²) in [6, 6.07) is 24.3. The molecular formula is C32H29N3O6. The van der Waals surface area contributed by atoms with E-state index in [9.17, 15) is 14.7 Å². The van der Waals surface area contributed by atoms with Gasteiger partial charge in [0.2, 0.25) is 5.88 Å². The standard InChI is InChI=1S/C32H29N3O6/c1-20(36)39-26-13-9-24(10-14-26)18-29-32(41-22(3)38)35-19-30(25-11-15-27(16-12-25)40-21(2)37)33-28(31(35)34-29)17-23-7-5-4-6-8-23/h4-16,19-20,36H,17-18H2,1-3H3. The molecule has 0 aliphatic heterocycles. The van der Waals surface area contributed by atoms with Crippen molar-refractivity contribution >= 4 is 17.6 Å². The van der Waals surface area contributed by atoms with Crippen LogP contribution in [0, 0.1) is 0 Å². The molecule has 0 aliphatic carbocycles. The van der Waals surface area contributed by atoms with Gasteiger partial charge in [0.15, 0.2) is 11.9 Å². The van der Waals surface area contributed by atoms with E-state index in [1.807, 2.05) is 54.6 Å². The van der Waals surface area contributed by atoms with Crippen LogP contribution in [-0.2, 0) is 22.4 Å². The number of aromatic nitrogens is 3. The third-order valence-electron chi connectivity index (χ3n) is 6.17. The molecule has 0 fully saturated rings. The molecule has 0 aliphatic rings. The molecule has 0 saturated carbocycles. The Morgan fingerprint density at radius 3 is 2.02 bits per heavy atom. The van der Waals surface area contributed by atoms with Crippen LogP contribution in [0.4, 0.5) is 0 Å². The topological polar surface area (TPSA) is 112 Å². The number of carbonyl (C=O) groups is 2. The van der Waals surface area contributed by atoms with Gasteiger partial charge in [0.1, 0.15) is 17.2 Å². The smallest absolute Gasteiger partial charge is 0.309 e. The summed E-state index contributed by atoms with van der Waals surface area (Å²) in [4.78, 5) is 33.4. The van der Waals surface area contributed by atoms with Gasteiger partial charge in [0, 0.05) is 38.4 Å². The number of aliphatic hydroxyl groups is 1. The highest BCUT2D eigenvalue weighted by atomic mass is 16.6. The van der Waals surface area contributed by atoms with E-state index >= 15 is 0 Å². The van der Waals surface area contributed by atoms with Gasteiger partial charge in [-0.25, -0.2) is 9.97 Å². The highest BCUT2D eigenvalue weighted by molar-refractivity contribution is 5.71. The van der Waals surface area contributed by atoms with Crippen molar-refractivity contribution < 1.29 is 28.9 Å². The molecule has 0 amide bonds. The highest BCUT2D eigenvalue weighted by Gasteiger charge is 2.21. The molecule has 208 valence electrons. The van der Waals surface area contributed by atoms with Gasteiger partial charge in [0.25, 0.3) is 0 Å². The van der Waals surface area contributed by atoms with Crippen LogP contribution in [0.5, 0.6) is 17.4 Å². The molecular weight excluding hydrogens is 522 g/mol. The fourth-order valence-corrected chi connectivity index (χ4v) is 4.48. The first-order chi connectivity index (χ1) is 19.7. The molecule has 5 rings (SSSR count). The molecule has 1 N–H and O–H groups in total. The van der Waals surface area contributed by atoms with Crippen LogP contribution in [0.1, 0.15) is 43.3 Å². The maximum absolute atomic E-state index is 12.2. The largest absolute Gasteiger partial charge is 0.465 e. The summed E-state index contributed by atoms with van der Waals surface area (Å²) in [5.74, 6) is 0.415. The highest BCUT2D eigenvalue weighted by Crippen LogP contribution is 2.30. The molecule has 9 heteroatoms. The van der Waals surface area contributed by atoms with Crippen LogP contribution < -0.4 is 14.2 Å². The number of benzene rings is 3. The average molecular weight is 552 g/mol. The first-order valence-electron chi connectivity index (χ1n) is 13.1. The van der Waals surface area contributed by atoms with Crippen molar-refractivity contribution in [2.45, 2.75) is 39.9 Å². The predicted octanol–water partition coefficient (Wildman–Crippen LogP) is 5.15. The lowest BCUT2D eigenvalue weighted by Gasteiger charge is -2.10. The number of hydrogen-bond acceptors (Lipinski definition) is 8. The molecule has 5 aromatic rings. The number of nitrogens with zero attached hydrogens (tertiary/aromatic N) is 3. The normalized spacial score (nSPS) is 11.7. The number of rotatable bonds is 9. The van der Waals surface area contributed by atoms with E-state index in [0.29, 0.717) is 52.9 Å². The number of ether oxygens (including phenoxy) is 3. The van der Waals surface area contributed by atoms with Gasteiger partial charge in [-0.05, 0) is 54.4 Å². The minimum atomic E-state index is -0.919. The quantitative estimate of drug-likeness (QED) is 0.152. The van der Waals surface area contributed by atoms with Gasteiger partial charge >= 0.3 is 11.9 Å². The molecule has 1 unspecified atom stereocenters. The van der Waals surface area contributed by atoms with Crippen molar-refractivity contribution in [3.05, 3.63) is 108 Å². The van der Waals surface area contributed by atoms with Crippen molar-refractivity contribution in [3.8, 4) is 28.6 Å². The van der Waals surface area contributed by atoms with E-state index in [4.69, 9.17) is 24.2 Å². The van der Waals surface area contributed by atoms with Crippen molar-refractivity contribution in [2.75, 3.05) is 0 Å². The van der Waals surface area contributed by atoms with E-state index < -0.39 is 18.2 Å². The first kappa shape index (κ1) is 27.5. The number of fused-ring (bicyclic) bond motifs is 1. The Labute approximate surface area is 237 Å². The summed E-state index contributed by atoms with van der Waals surface area (Å²) >= 11 is 0. The van der Waals surface area contributed by atoms with Gasteiger partial charge < -0.3 is 19.3 Å². The van der Waals surface area contributed by atoms with Crippen LogP contribution in [-0.4, -0.2) is 37.7 Å². The van der Waals surface area contributed by atoms with Crippen LogP contribution in [0.15, 0.2) is 85.1 Å². The zero-order valence-electron chi connectivity index (χ0n) is 22.9. The molecule has 0 bridgehead atoms. The zero-order valence-corrected chi connectivity index (χ0v) is 22.9. The molecule has 9 nitrogen and oxygen atoms in total. The lowest BCUT2D eigenvalue weighted by atomic mass is 10.1. The molecule has 0 spiro atoms. The average Bonchev–Trinajstić information content (AvgIpc) is 3.26. The van der Waals surface area contributed by atoms with Crippen LogP contribution in [0.3, 0.4) is 0 Å². The van der Waals surface area contributed by atoms with Gasteiger partial charge in [-0.2, -0.15) is 0 Å². The summed E-state index contributed by atoms with van der Waals surface area (Å²) in [6.07, 6.45) is 1.76. The van der Waals surface area contributed by atoms with Gasteiger partial charge in [-0.3, -0.25) is 14.0 Å². The zero-order chi connectivity index (χ0) is 28.9.